The lowest BCUT2D eigenvalue weighted by atomic mass is 9.92. The van der Waals surface area contributed by atoms with Crippen LogP contribution < -0.4 is 0 Å². The Morgan fingerprint density at radius 3 is 1.89 bits per heavy atom. The Labute approximate surface area is 113 Å². The van der Waals surface area contributed by atoms with Crippen molar-refractivity contribution in [3.05, 3.63) is 0 Å². The zero-order chi connectivity index (χ0) is 14.6. The van der Waals surface area contributed by atoms with E-state index < -0.39 is 12.1 Å². The lowest BCUT2D eigenvalue weighted by Crippen LogP contribution is -2.58. The van der Waals surface area contributed by atoms with E-state index in [1.807, 2.05) is 4.90 Å². The van der Waals surface area contributed by atoms with Gasteiger partial charge in [-0.1, -0.05) is 0 Å². The van der Waals surface area contributed by atoms with Crippen LogP contribution in [-0.2, 0) is 0 Å². The lowest BCUT2D eigenvalue weighted by Gasteiger charge is -2.44. The number of alkyl halides is 3. The van der Waals surface area contributed by atoms with E-state index >= 15 is 0 Å². The highest BCUT2D eigenvalue weighted by molar-refractivity contribution is 5.04. The summed E-state index contributed by atoms with van der Waals surface area (Å²) in [6, 6.07) is 0.271. The molecule has 0 N–H and O–H groups in total. The van der Waals surface area contributed by atoms with Crippen molar-refractivity contribution in [2.45, 2.75) is 64.3 Å². The summed E-state index contributed by atoms with van der Waals surface area (Å²) >= 11 is 0. The summed E-state index contributed by atoms with van der Waals surface area (Å²) in [6.45, 7) is 12.1. The topological polar surface area (TPSA) is 6.48 Å². The molecule has 2 heterocycles. The molecule has 0 spiro atoms. The maximum Gasteiger partial charge on any atom is 0.394 e. The zero-order valence-corrected chi connectivity index (χ0v) is 12.5. The van der Waals surface area contributed by atoms with Crippen LogP contribution in [0.3, 0.4) is 0 Å². The van der Waals surface area contributed by atoms with Crippen LogP contribution in [0.1, 0.15) is 41.0 Å². The second kappa shape index (κ2) is 4.35. The summed E-state index contributed by atoms with van der Waals surface area (Å²) in [6.07, 6.45) is -3.07. The Morgan fingerprint density at radius 1 is 1.00 bits per heavy atom. The SMILES string of the molecule is CC(C)(C)N1C[C@@H](N2CC(C(F)(F)F)C2)CC1(C)C. The highest BCUT2D eigenvalue weighted by Crippen LogP contribution is 2.41. The van der Waals surface area contributed by atoms with Crippen LogP contribution >= 0.6 is 0 Å². The molecule has 5 heteroatoms. The molecule has 0 saturated carbocycles. The van der Waals surface area contributed by atoms with Gasteiger partial charge in [0.15, 0.2) is 0 Å². The third-order valence-electron chi connectivity index (χ3n) is 4.56. The first-order valence-electron chi connectivity index (χ1n) is 7.00. The van der Waals surface area contributed by atoms with E-state index in [4.69, 9.17) is 0 Å². The van der Waals surface area contributed by atoms with Gasteiger partial charge in [0, 0.05) is 36.8 Å². The average molecular weight is 278 g/mol. The minimum Gasteiger partial charge on any atom is -0.298 e. The maximum atomic E-state index is 12.5. The van der Waals surface area contributed by atoms with Crippen molar-refractivity contribution in [3.63, 3.8) is 0 Å². The molecule has 2 fully saturated rings. The van der Waals surface area contributed by atoms with Crippen LogP contribution in [0.2, 0.25) is 0 Å². The second-order valence-corrected chi connectivity index (χ2v) is 7.64. The molecule has 0 aromatic carbocycles. The standard InChI is InChI=1S/C14H25F3N2/c1-12(2,3)19-9-11(6-13(19,4)5)18-7-10(8-18)14(15,16)17/h10-11H,6-9H2,1-5H3/t11-/m0/s1. The quantitative estimate of drug-likeness (QED) is 0.727. The van der Waals surface area contributed by atoms with Crippen molar-refractivity contribution in [2.75, 3.05) is 19.6 Å². The molecular formula is C14H25F3N2. The molecule has 2 saturated heterocycles. The largest absolute Gasteiger partial charge is 0.394 e. The summed E-state index contributed by atoms with van der Waals surface area (Å²) in [5.74, 6) is -1.11. The molecule has 2 aliphatic heterocycles. The first-order valence-corrected chi connectivity index (χ1v) is 7.00. The van der Waals surface area contributed by atoms with Crippen molar-refractivity contribution >= 4 is 0 Å². The number of hydrogen-bond donors (Lipinski definition) is 0. The molecule has 0 aromatic heterocycles. The van der Waals surface area contributed by atoms with Crippen molar-refractivity contribution in [2.24, 2.45) is 5.92 Å². The van der Waals surface area contributed by atoms with E-state index in [2.05, 4.69) is 39.5 Å². The van der Waals surface area contributed by atoms with Crippen molar-refractivity contribution in [1.29, 1.82) is 0 Å². The summed E-state index contributed by atoms with van der Waals surface area (Å²) in [4.78, 5) is 4.43. The number of halogens is 3. The van der Waals surface area contributed by atoms with Crippen LogP contribution in [-0.4, -0.2) is 52.7 Å². The van der Waals surface area contributed by atoms with Gasteiger partial charge in [-0.05, 0) is 41.0 Å². The predicted molar refractivity (Wildman–Crippen MR) is 70.1 cm³/mol. The number of rotatable bonds is 1. The highest BCUT2D eigenvalue weighted by atomic mass is 19.4. The highest BCUT2D eigenvalue weighted by Gasteiger charge is 2.52. The molecule has 2 aliphatic rings. The van der Waals surface area contributed by atoms with Crippen molar-refractivity contribution in [1.82, 2.24) is 9.80 Å². The van der Waals surface area contributed by atoms with E-state index in [9.17, 15) is 13.2 Å². The molecule has 0 unspecified atom stereocenters. The summed E-state index contributed by atoms with van der Waals surface area (Å²) < 4.78 is 37.6. The molecule has 112 valence electrons. The van der Waals surface area contributed by atoms with E-state index in [0.717, 1.165) is 13.0 Å². The predicted octanol–water partition coefficient (Wildman–Crippen LogP) is 3.13. The van der Waals surface area contributed by atoms with E-state index in [0.29, 0.717) is 0 Å². The Kier molecular flexibility index (Phi) is 3.46. The fourth-order valence-electron chi connectivity index (χ4n) is 3.65. The Balaban J connectivity index is 1.96. The van der Waals surface area contributed by atoms with Crippen LogP contribution in [0.4, 0.5) is 13.2 Å². The maximum absolute atomic E-state index is 12.5. The fourth-order valence-corrected chi connectivity index (χ4v) is 3.65. The third-order valence-corrected chi connectivity index (χ3v) is 4.56. The van der Waals surface area contributed by atoms with Gasteiger partial charge in [-0.25, -0.2) is 0 Å². The Hall–Kier alpha value is -0.290. The molecule has 0 aromatic rings. The Morgan fingerprint density at radius 2 is 1.53 bits per heavy atom. The zero-order valence-electron chi connectivity index (χ0n) is 12.5. The number of likely N-dealkylation sites (tertiary alicyclic amines) is 2. The Bertz CT molecular complexity index is 338. The van der Waals surface area contributed by atoms with Gasteiger partial charge in [-0.3, -0.25) is 9.80 Å². The molecule has 0 amide bonds. The molecule has 1 atom stereocenters. The summed E-state index contributed by atoms with van der Waals surface area (Å²) in [5.41, 5.74) is 0.124. The summed E-state index contributed by atoms with van der Waals surface area (Å²) in [5, 5.41) is 0. The number of nitrogens with zero attached hydrogens (tertiary/aromatic N) is 2. The average Bonchev–Trinajstić information content (AvgIpc) is 2.34. The fraction of sp³-hybridized carbons (Fsp3) is 1.00. The van der Waals surface area contributed by atoms with Gasteiger partial charge >= 0.3 is 6.18 Å². The number of hydrogen-bond acceptors (Lipinski definition) is 2. The molecule has 0 bridgehead atoms. The first-order chi connectivity index (χ1) is 8.41. The van der Waals surface area contributed by atoms with Gasteiger partial charge < -0.3 is 0 Å². The van der Waals surface area contributed by atoms with E-state index in [1.54, 1.807) is 0 Å². The van der Waals surface area contributed by atoms with Crippen LogP contribution in [0.5, 0.6) is 0 Å². The lowest BCUT2D eigenvalue weighted by molar-refractivity contribution is -0.213. The van der Waals surface area contributed by atoms with Crippen molar-refractivity contribution < 1.29 is 13.2 Å². The molecule has 19 heavy (non-hydrogen) atoms. The van der Waals surface area contributed by atoms with Crippen LogP contribution in [0.15, 0.2) is 0 Å². The van der Waals surface area contributed by atoms with E-state index in [-0.39, 0.29) is 30.2 Å². The van der Waals surface area contributed by atoms with Gasteiger partial charge in [0.05, 0.1) is 5.92 Å². The molecule has 0 radical (unpaired) electrons. The summed E-state index contributed by atoms with van der Waals surface area (Å²) in [7, 11) is 0. The monoisotopic (exact) mass is 278 g/mol. The molecule has 0 aliphatic carbocycles. The third kappa shape index (κ3) is 2.92. The van der Waals surface area contributed by atoms with Gasteiger partial charge in [-0.2, -0.15) is 13.2 Å². The molecule has 2 nitrogen and oxygen atoms in total. The second-order valence-electron chi connectivity index (χ2n) is 7.64. The van der Waals surface area contributed by atoms with E-state index in [1.165, 1.54) is 0 Å². The molecular weight excluding hydrogens is 253 g/mol. The molecule has 2 rings (SSSR count). The van der Waals surface area contributed by atoms with Crippen LogP contribution in [0, 0.1) is 5.92 Å². The van der Waals surface area contributed by atoms with Gasteiger partial charge in [0.25, 0.3) is 0 Å². The smallest absolute Gasteiger partial charge is 0.298 e. The minimum absolute atomic E-state index is 0.0617. The van der Waals surface area contributed by atoms with Crippen LogP contribution in [0.25, 0.3) is 0 Å². The van der Waals surface area contributed by atoms with Gasteiger partial charge in [0.1, 0.15) is 0 Å². The minimum atomic E-state index is -4.02. The van der Waals surface area contributed by atoms with Crippen molar-refractivity contribution in [3.8, 4) is 0 Å². The first kappa shape index (κ1) is 15.1. The van der Waals surface area contributed by atoms with Gasteiger partial charge in [-0.15, -0.1) is 0 Å². The van der Waals surface area contributed by atoms with Gasteiger partial charge in [0.2, 0.25) is 0 Å². The normalized spacial score (nSPS) is 30.6.